The molecule has 22 heavy (non-hydrogen) atoms. The van der Waals surface area contributed by atoms with Crippen molar-refractivity contribution in [2.24, 2.45) is 0 Å². The summed E-state index contributed by atoms with van der Waals surface area (Å²) >= 11 is 0. The molecule has 1 aromatic carbocycles. The Morgan fingerprint density at radius 2 is 1.86 bits per heavy atom. The highest BCUT2D eigenvalue weighted by molar-refractivity contribution is 7.89. The molecule has 1 fully saturated rings. The van der Waals surface area contributed by atoms with Crippen molar-refractivity contribution in [1.82, 2.24) is 9.03 Å². The molecule has 1 N–H and O–H groups in total. The Kier molecular flexibility index (Phi) is 4.87. The van der Waals surface area contributed by atoms with E-state index in [1.54, 1.807) is 6.07 Å². The van der Waals surface area contributed by atoms with Crippen molar-refractivity contribution in [2.75, 3.05) is 19.3 Å². The van der Waals surface area contributed by atoms with Crippen LogP contribution >= 0.6 is 0 Å². The Balaban J connectivity index is 2.11. The van der Waals surface area contributed by atoms with Crippen LogP contribution < -0.4 is 4.72 Å². The number of hydrogen-bond donors (Lipinski definition) is 1. The Hall–Kier alpha value is -1.47. The highest BCUT2D eigenvalue weighted by Crippen LogP contribution is 2.21. The summed E-state index contributed by atoms with van der Waals surface area (Å²) in [5.41, 5.74) is 0.287. The van der Waals surface area contributed by atoms with Gasteiger partial charge in [-0.1, -0.05) is 6.07 Å². The Morgan fingerprint density at radius 1 is 1.23 bits per heavy atom. The first-order chi connectivity index (χ1) is 10.2. The van der Waals surface area contributed by atoms with Crippen LogP contribution in [0.2, 0.25) is 0 Å². The van der Waals surface area contributed by atoms with E-state index >= 15 is 0 Å². The molecule has 1 heterocycles. The van der Waals surface area contributed by atoms with Gasteiger partial charge in [-0.05, 0) is 31.0 Å². The van der Waals surface area contributed by atoms with Crippen molar-refractivity contribution in [3.05, 3.63) is 29.8 Å². The van der Waals surface area contributed by atoms with Crippen molar-refractivity contribution in [3.63, 3.8) is 0 Å². The zero-order chi connectivity index (χ0) is 16.4. The van der Waals surface area contributed by atoms with Gasteiger partial charge in [0.2, 0.25) is 20.0 Å². The predicted octanol–water partition coefficient (Wildman–Crippen LogP) is 0.261. The van der Waals surface area contributed by atoms with Crippen LogP contribution in [-0.2, 0) is 20.0 Å². The second-order valence-corrected chi connectivity index (χ2v) is 8.93. The maximum atomic E-state index is 12.5. The Morgan fingerprint density at radius 3 is 2.41 bits per heavy atom. The third-order valence-electron chi connectivity index (χ3n) is 3.44. The quantitative estimate of drug-likeness (QED) is 0.844. The summed E-state index contributed by atoms with van der Waals surface area (Å²) in [4.78, 5) is 0.0843. The first kappa shape index (κ1) is 16.9. The molecular formula is C13H17N3O4S2. The van der Waals surface area contributed by atoms with Crippen LogP contribution in [0.3, 0.4) is 0 Å². The average Bonchev–Trinajstić information content (AvgIpc) is 2.46. The molecule has 0 aromatic heterocycles. The van der Waals surface area contributed by atoms with Gasteiger partial charge in [0.1, 0.15) is 0 Å². The summed E-state index contributed by atoms with van der Waals surface area (Å²) in [7, 11) is -6.95. The summed E-state index contributed by atoms with van der Waals surface area (Å²) < 4.78 is 51.3. The van der Waals surface area contributed by atoms with E-state index in [0.717, 1.165) is 6.26 Å². The van der Waals surface area contributed by atoms with Gasteiger partial charge in [0.25, 0.3) is 0 Å². The third-order valence-corrected chi connectivity index (χ3v) is 6.09. The predicted molar refractivity (Wildman–Crippen MR) is 80.9 cm³/mol. The molecule has 1 aliphatic heterocycles. The van der Waals surface area contributed by atoms with Gasteiger partial charge in [0.15, 0.2) is 0 Å². The lowest BCUT2D eigenvalue weighted by atomic mass is 10.1. The van der Waals surface area contributed by atoms with E-state index in [1.807, 2.05) is 6.07 Å². The van der Waals surface area contributed by atoms with Crippen molar-refractivity contribution in [1.29, 1.82) is 5.26 Å². The average molecular weight is 343 g/mol. The molecule has 0 bridgehead atoms. The minimum atomic E-state index is -3.66. The second-order valence-electron chi connectivity index (χ2n) is 5.21. The summed E-state index contributed by atoms with van der Waals surface area (Å²) in [6, 6.07) is 7.54. The van der Waals surface area contributed by atoms with E-state index in [1.165, 1.54) is 22.5 Å². The molecule has 0 saturated carbocycles. The molecule has 120 valence electrons. The van der Waals surface area contributed by atoms with Gasteiger partial charge in [-0.2, -0.15) is 9.57 Å². The third kappa shape index (κ3) is 4.04. The first-order valence-electron chi connectivity index (χ1n) is 6.70. The van der Waals surface area contributed by atoms with Crippen molar-refractivity contribution in [2.45, 2.75) is 23.8 Å². The lowest BCUT2D eigenvalue weighted by Gasteiger charge is -2.31. The van der Waals surface area contributed by atoms with E-state index in [0.29, 0.717) is 12.8 Å². The van der Waals surface area contributed by atoms with Crippen LogP contribution in [0.15, 0.2) is 29.2 Å². The minimum Gasteiger partial charge on any atom is -0.213 e. The molecule has 1 aromatic rings. The van der Waals surface area contributed by atoms with Gasteiger partial charge in [-0.25, -0.2) is 21.6 Å². The van der Waals surface area contributed by atoms with Crippen LogP contribution in [0.5, 0.6) is 0 Å². The number of benzene rings is 1. The fraction of sp³-hybridized carbons (Fsp3) is 0.462. The number of sulfonamides is 2. The number of hydrogen-bond acceptors (Lipinski definition) is 5. The summed E-state index contributed by atoms with van der Waals surface area (Å²) in [6.45, 7) is 0.485. The normalized spacial score (nSPS) is 18.0. The molecule has 0 radical (unpaired) electrons. The lowest BCUT2D eigenvalue weighted by Crippen LogP contribution is -2.46. The molecule has 0 spiro atoms. The van der Waals surface area contributed by atoms with E-state index in [4.69, 9.17) is 5.26 Å². The maximum absolute atomic E-state index is 12.5. The fourth-order valence-electron chi connectivity index (χ4n) is 2.39. The standard InChI is InChI=1S/C13H17N3O4S2/c1-21(17,18)15-12-5-7-16(8-6-12)22(19,20)13-4-2-3-11(9-13)10-14/h2-4,9,12,15H,5-8H2,1H3. The molecule has 1 saturated heterocycles. The summed E-state index contributed by atoms with van der Waals surface area (Å²) in [5, 5.41) is 8.86. The molecule has 0 aliphatic carbocycles. The van der Waals surface area contributed by atoms with Crippen molar-refractivity contribution < 1.29 is 16.8 Å². The summed E-state index contributed by atoms with van der Waals surface area (Å²) in [6.07, 6.45) is 1.93. The van der Waals surface area contributed by atoms with Gasteiger partial charge in [0, 0.05) is 19.1 Å². The number of rotatable bonds is 4. The molecule has 1 aliphatic rings. The highest BCUT2D eigenvalue weighted by Gasteiger charge is 2.30. The largest absolute Gasteiger partial charge is 0.243 e. The number of nitrogens with one attached hydrogen (secondary N) is 1. The van der Waals surface area contributed by atoms with Gasteiger partial charge in [0.05, 0.1) is 22.8 Å². The Labute approximate surface area is 130 Å². The van der Waals surface area contributed by atoms with Crippen molar-refractivity contribution >= 4 is 20.0 Å². The fourth-order valence-corrected chi connectivity index (χ4v) is 4.75. The van der Waals surface area contributed by atoms with Crippen LogP contribution in [0.4, 0.5) is 0 Å². The van der Waals surface area contributed by atoms with Gasteiger partial charge in [-0.15, -0.1) is 0 Å². The zero-order valence-corrected chi connectivity index (χ0v) is 13.7. The molecule has 0 amide bonds. The topological polar surface area (TPSA) is 107 Å². The van der Waals surface area contributed by atoms with E-state index in [9.17, 15) is 16.8 Å². The van der Waals surface area contributed by atoms with E-state index in [-0.39, 0.29) is 29.6 Å². The van der Waals surface area contributed by atoms with Gasteiger partial charge in [-0.3, -0.25) is 0 Å². The van der Waals surface area contributed by atoms with E-state index in [2.05, 4.69) is 4.72 Å². The number of nitrogens with zero attached hydrogens (tertiary/aromatic N) is 2. The zero-order valence-electron chi connectivity index (χ0n) is 12.1. The Bertz CT molecular complexity index is 789. The van der Waals surface area contributed by atoms with Crippen LogP contribution in [0.25, 0.3) is 0 Å². The number of nitriles is 1. The molecule has 0 unspecified atom stereocenters. The van der Waals surface area contributed by atoms with Crippen LogP contribution in [0.1, 0.15) is 18.4 Å². The first-order valence-corrected chi connectivity index (χ1v) is 10.0. The van der Waals surface area contributed by atoms with Crippen LogP contribution in [0, 0.1) is 11.3 Å². The maximum Gasteiger partial charge on any atom is 0.243 e. The van der Waals surface area contributed by atoms with Crippen molar-refractivity contribution in [3.8, 4) is 6.07 Å². The smallest absolute Gasteiger partial charge is 0.213 e. The SMILES string of the molecule is CS(=O)(=O)NC1CCN(S(=O)(=O)c2cccc(C#N)c2)CC1. The monoisotopic (exact) mass is 343 g/mol. The van der Waals surface area contributed by atoms with Gasteiger partial charge < -0.3 is 0 Å². The van der Waals surface area contributed by atoms with Gasteiger partial charge >= 0.3 is 0 Å². The molecule has 0 atom stereocenters. The molecule has 7 nitrogen and oxygen atoms in total. The summed E-state index contributed by atoms with van der Waals surface area (Å²) in [5.74, 6) is 0. The van der Waals surface area contributed by atoms with Crippen LogP contribution in [-0.4, -0.2) is 46.5 Å². The van der Waals surface area contributed by atoms with E-state index < -0.39 is 20.0 Å². The second kappa shape index (κ2) is 6.34. The minimum absolute atomic E-state index is 0.0843. The molecule has 2 rings (SSSR count). The lowest BCUT2D eigenvalue weighted by molar-refractivity contribution is 0.309. The number of piperidine rings is 1. The highest BCUT2D eigenvalue weighted by atomic mass is 32.2. The molecular weight excluding hydrogens is 326 g/mol. The molecule has 9 heteroatoms.